The fourth-order valence-electron chi connectivity index (χ4n) is 3.96. The minimum Gasteiger partial charge on any atom is -0.481 e. The number of nitrogens with one attached hydrogen (secondary N) is 1. The van der Waals surface area contributed by atoms with E-state index in [4.69, 9.17) is 9.47 Å². The lowest BCUT2D eigenvalue weighted by molar-refractivity contribution is 0.0744. The van der Waals surface area contributed by atoms with E-state index in [1.807, 2.05) is 0 Å². The molecule has 1 aromatic heterocycles. The number of rotatable bonds is 7. The molecular weight excluding hydrogens is 354 g/mol. The third-order valence-corrected chi connectivity index (χ3v) is 7.23. The van der Waals surface area contributed by atoms with Crippen molar-refractivity contribution in [2.24, 2.45) is 5.41 Å². The van der Waals surface area contributed by atoms with Crippen LogP contribution in [0.1, 0.15) is 32.4 Å². The van der Waals surface area contributed by atoms with E-state index in [-0.39, 0.29) is 17.7 Å². The molecule has 2 fully saturated rings. The summed E-state index contributed by atoms with van der Waals surface area (Å²) in [6.07, 6.45) is 3.20. The first kappa shape index (κ1) is 21.1. The first-order valence-electron chi connectivity index (χ1n) is 8.64. The Bertz CT molecular complexity index is 717. The molecule has 1 spiro atoms. The minimum absolute atomic E-state index is 0. The van der Waals surface area contributed by atoms with E-state index < -0.39 is 10.0 Å². The van der Waals surface area contributed by atoms with Crippen LogP contribution in [0.5, 0.6) is 5.88 Å². The summed E-state index contributed by atoms with van der Waals surface area (Å²) in [6.45, 7) is 4.45. The van der Waals surface area contributed by atoms with Crippen LogP contribution in [0.25, 0.3) is 0 Å². The lowest BCUT2D eigenvalue weighted by atomic mass is 9.80. The van der Waals surface area contributed by atoms with Gasteiger partial charge in [-0.2, -0.15) is 4.31 Å². The molecule has 1 atom stereocenters. The number of pyridine rings is 1. The lowest BCUT2D eigenvalue weighted by Gasteiger charge is -2.47. The van der Waals surface area contributed by atoms with Crippen LogP contribution in [0.15, 0.2) is 17.0 Å². The van der Waals surface area contributed by atoms with Crippen molar-refractivity contribution < 1.29 is 17.9 Å². The van der Waals surface area contributed by atoms with Crippen LogP contribution in [0.2, 0.25) is 0 Å². The topological polar surface area (TPSA) is 80.8 Å². The molecule has 26 heavy (non-hydrogen) atoms. The van der Waals surface area contributed by atoms with Gasteiger partial charge in [-0.05, 0) is 37.7 Å². The molecule has 1 aliphatic carbocycles. The molecule has 8 heteroatoms. The van der Waals surface area contributed by atoms with E-state index >= 15 is 0 Å². The maximum absolute atomic E-state index is 12.9. The molecule has 0 bridgehead atoms. The van der Waals surface area contributed by atoms with Gasteiger partial charge >= 0.3 is 0 Å². The van der Waals surface area contributed by atoms with Crippen LogP contribution >= 0.6 is 0 Å². The highest BCUT2D eigenvalue weighted by molar-refractivity contribution is 7.89. The highest BCUT2D eigenvalue weighted by Gasteiger charge is 2.52. The number of sulfonamides is 1. The van der Waals surface area contributed by atoms with Crippen molar-refractivity contribution in [1.82, 2.24) is 14.6 Å². The molecule has 0 aromatic carbocycles. The number of hydrogen-bond acceptors (Lipinski definition) is 6. The molecule has 2 heterocycles. The lowest BCUT2D eigenvalue weighted by Crippen LogP contribution is -2.57. The van der Waals surface area contributed by atoms with Crippen LogP contribution in [0.3, 0.4) is 0 Å². The molecule has 0 radical (unpaired) electrons. The maximum Gasteiger partial charge on any atom is 0.244 e. The van der Waals surface area contributed by atoms with Gasteiger partial charge in [-0.1, -0.05) is 7.43 Å². The van der Waals surface area contributed by atoms with E-state index in [0.29, 0.717) is 37.3 Å². The van der Waals surface area contributed by atoms with Gasteiger partial charge in [-0.15, -0.1) is 0 Å². The Labute approximate surface area is 157 Å². The van der Waals surface area contributed by atoms with Crippen molar-refractivity contribution in [3.8, 4) is 5.88 Å². The number of hydrogen-bond donors (Lipinski definition) is 1. The summed E-state index contributed by atoms with van der Waals surface area (Å²) in [5.74, 6) is 0.428. The summed E-state index contributed by atoms with van der Waals surface area (Å²) in [6, 6.07) is 3.65. The second-order valence-electron chi connectivity index (χ2n) is 7.10. The third kappa shape index (κ3) is 4.03. The normalized spacial score (nSPS) is 22.0. The smallest absolute Gasteiger partial charge is 0.244 e. The summed E-state index contributed by atoms with van der Waals surface area (Å²) in [5, 5.41) is 3.50. The highest BCUT2D eigenvalue weighted by Crippen LogP contribution is 2.47. The third-order valence-electron chi connectivity index (χ3n) is 5.30. The Morgan fingerprint density at radius 1 is 1.35 bits per heavy atom. The Balaban J connectivity index is 0.00000243. The number of aromatic nitrogens is 1. The number of aryl methyl sites for hydroxylation is 1. The zero-order chi connectivity index (χ0) is 18.1. The summed E-state index contributed by atoms with van der Waals surface area (Å²) in [4.78, 5) is 4.47. The zero-order valence-corrected chi connectivity index (χ0v) is 15.9. The van der Waals surface area contributed by atoms with Crippen LogP contribution in [-0.4, -0.2) is 64.2 Å². The Kier molecular flexibility index (Phi) is 6.65. The number of nitrogens with zero attached hydrogens (tertiary/aromatic N) is 2. The highest BCUT2D eigenvalue weighted by atomic mass is 32.2. The Morgan fingerprint density at radius 2 is 2.08 bits per heavy atom. The molecule has 1 saturated heterocycles. The Morgan fingerprint density at radius 3 is 2.69 bits per heavy atom. The summed E-state index contributed by atoms with van der Waals surface area (Å²) < 4.78 is 37.5. The summed E-state index contributed by atoms with van der Waals surface area (Å²) in [5.41, 5.74) is 0.608. The van der Waals surface area contributed by atoms with E-state index in [2.05, 4.69) is 10.3 Å². The predicted molar refractivity (Wildman–Crippen MR) is 101 cm³/mol. The predicted octanol–water partition coefficient (Wildman–Crippen LogP) is 1.81. The van der Waals surface area contributed by atoms with Gasteiger partial charge in [-0.3, -0.25) is 0 Å². The fraction of sp³-hybridized carbons (Fsp3) is 0.722. The van der Waals surface area contributed by atoms with Gasteiger partial charge in [0.2, 0.25) is 15.9 Å². The largest absolute Gasteiger partial charge is 0.481 e. The van der Waals surface area contributed by atoms with Gasteiger partial charge in [-0.25, -0.2) is 13.4 Å². The van der Waals surface area contributed by atoms with E-state index in [1.54, 1.807) is 30.5 Å². The van der Waals surface area contributed by atoms with Crippen molar-refractivity contribution in [2.75, 3.05) is 40.5 Å². The molecule has 3 rings (SSSR count). The van der Waals surface area contributed by atoms with E-state index in [0.717, 1.165) is 25.8 Å². The summed E-state index contributed by atoms with van der Waals surface area (Å²) >= 11 is 0. The molecule has 1 aliphatic heterocycles. The molecule has 1 saturated carbocycles. The van der Waals surface area contributed by atoms with E-state index in [1.165, 1.54) is 7.11 Å². The van der Waals surface area contributed by atoms with Gasteiger partial charge in [0.1, 0.15) is 4.90 Å². The SMILES string of the molecule is C.COCCNC1CCC2(C1)CN(S(=O)(=O)c1ccc(OC)nc1C)C2. The zero-order valence-electron chi connectivity index (χ0n) is 15.1. The standard InChI is InChI=1S/C17H27N3O4S.CH4/c1-13-15(4-5-16(19-13)24-3)25(21,22)20-11-17(12-20)7-6-14(10-17)18-8-9-23-2;/h4-5,14,18H,6-12H2,1-3H3;1H4. The number of methoxy groups -OCH3 is 2. The molecule has 1 aromatic rings. The van der Waals surface area contributed by atoms with Crippen molar-refractivity contribution in [1.29, 1.82) is 0 Å². The first-order chi connectivity index (χ1) is 11.9. The minimum atomic E-state index is -3.48. The average molecular weight is 386 g/mol. The fourth-order valence-corrected chi connectivity index (χ4v) is 5.78. The molecule has 0 amide bonds. The molecule has 1 N–H and O–H groups in total. The van der Waals surface area contributed by atoms with Gasteiger partial charge < -0.3 is 14.8 Å². The second-order valence-corrected chi connectivity index (χ2v) is 9.00. The molecule has 148 valence electrons. The monoisotopic (exact) mass is 385 g/mol. The number of ether oxygens (including phenoxy) is 2. The van der Waals surface area contributed by atoms with Crippen LogP contribution in [-0.2, 0) is 14.8 Å². The maximum atomic E-state index is 12.9. The van der Waals surface area contributed by atoms with Crippen molar-refractivity contribution in [3.05, 3.63) is 17.8 Å². The molecule has 2 aliphatic rings. The molecular formula is C18H31N3O4S. The van der Waals surface area contributed by atoms with Gasteiger partial charge in [0.25, 0.3) is 0 Å². The van der Waals surface area contributed by atoms with Gasteiger partial charge in [0, 0.05) is 38.9 Å². The second kappa shape index (κ2) is 8.21. The average Bonchev–Trinajstić information content (AvgIpc) is 2.98. The van der Waals surface area contributed by atoms with Crippen molar-refractivity contribution in [3.63, 3.8) is 0 Å². The quantitative estimate of drug-likeness (QED) is 0.721. The summed E-state index contributed by atoms with van der Waals surface area (Å²) in [7, 11) is -0.268. The Hall–Kier alpha value is -1.22. The van der Waals surface area contributed by atoms with Crippen LogP contribution in [0.4, 0.5) is 0 Å². The molecule has 7 nitrogen and oxygen atoms in total. The van der Waals surface area contributed by atoms with Gasteiger partial charge in [0.05, 0.1) is 19.4 Å². The molecule has 1 unspecified atom stereocenters. The van der Waals surface area contributed by atoms with E-state index in [9.17, 15) is 8.42 Å². The van der Waals surface area contributed by atoms with Crippen molar-refractivity contribution >= 4 is 10.0 Å². The van der Waals surface area contributed by atoms with Crippen LogP contribution in [0, 0.1) is 12.3 Å². The van der Waals surface area contributed by atoms with Crippen molar-refractivity contribution in [2.45, 2.75) is 44.6 Å². The van der Waals surface area contributed by atoms with Crippen LogP contribution < -0.4 is 10.1 Å². The first-order valence-corrected chi connectivity index (χ1v) is 10.1. The van der Waals surface area contributed by atoms with Gasteiger partial charge in [0.15, 0.2) is 0 Å².